The van der Waals surface area contributed by atoms with E-state index in [4.69, 9.17) is 4.74 Å². The first kappa shape index (κ1) is 12.6. The second-order valence-electron chi connectivity index (χ2n) is 4.53. The molecule has 0 atom stereocenters. The van der Waals surface area contributed by atoms with Gasteiger partial charge in [0.25, 0.3) is 0 Å². The summed E-state index contributed by atoms with van der Waals surface area (Å²) in [5.41, 5.74) is 0.885. The highest BCUT2D eigenvalue weighted by Crippen LogP contribution is 2.25. The van der Waals surface area contributed by atoms with Crippen LogP contribution in [0.3, 0.4) is 0 Å². The second-order valence-corrected chi connectivity index (χ2v) is 5.47. The first-order valence-electron chi connectivity index (χ1n) is 6.39. The highest BCUT2D eigenvalue weighted by atomic mass is 32.1. The SMILES string of the molecule is CCc1nc(COC(=O)C2CCCCC2)cs1. The zero-order valence-corrected chi connectivity index (χ0v) is 11.1. The molecule has 2 rings (SSSR count). The van der Waals surface area contributed by atoms with Gasteiger partial charge in [-0.2, -0.15) is 0 Å². The van der Waals surface area contributed by atoms with Crippen LogP contribution >= 0.6 is 11.3 Å². The number of aryl methyl sites for hydroxylation is 1. The molecule has 1 aliphatic carbocycles. The van der Waals surface area contributed by atoms with E-state index in [9.17, 15) is 4.79 Å². The molecule has 4 heteroatoms. The van der Waals surface area contributed by atoms with Gasteiger partial charge in [-0.25, -0.2) is 4.98 Å². The summed E-state index contributed by atoms with van der Waals surface area (Å²) in [5, 5.41) is 3.08. The van der Waals surface area contributed by atoms with Gasteiger partial charge in [-0.15, -0.1) is 11.3 Å². The number of aromatic nitrogens is 1. The Bertz CT molecular complexity index is 369. The number of carbonyl (C=O) groups excluding carboxylic acids is 1. The molecule has 0 N–H and O–H groups in total. The molecule has 1 heterocycles. The molecule has 0 aliphatic heterocycles. The van der Waals surface area contributed by atoms with Gasteiger partial charge in [-0.1, -0.05) is 26.2 Å². The van der Waals surface area contributed by atoms with Crippen LogP contribution in [0.5, 0.6) is 0 Å². The second kappa shape index (κ2) is 6.15. The molecular formula is C13H19NO2S. The van der Waals surface area contributed by atoms with E-state index in [0.717, 1.165) is 42.8 Å². The summed E-state index contributed by atoms with van der Waals surface area (Å²) in [4.78, 5) is 16.2. The Kier molecular flexibility index (Phi) is 4.54. The van der Waals surface area contributed by atoms with Gasteiger partial charge < -0.3 is 4.74 Å². The van der Waals surface area contributed by atoms with Gasteiger partial charge >= 0.3 is 5.97 Å². The topological polar surface area (TPSA) is 39.2 Å². The summed E-state index contributed by atoms with van der Waals surface area (Å²) in [6.07, 6.45) is 6.52. The van der Waals surface area contributed by atoms with E-state index in [1.165, 1.54) is 6.42 Å². The molecule has 0 bridgehead atoms. The van der Waals surface area contributed by atoms with Crippen LogP contribution in [-0.2, 0) is 22.6 Å². The molecule has 0 unspecified atom stereocenters. The van der Waals surface area contributed by atoms with E-state index in [1.807, 2.05) is 5.38 Å². The van der Waals surface area contributed by atoms with E-state index < -0.39 is 0 Å². The lowest BCUT2D eigenvalue weighted by atomic mass is 9.89. The molecule has 1 fully saturated rings. The highest BCUT2D eigenvalue weighted by molar-refractivity contribution is 7.09. The number of thiazole rings is 1. The molecule has 1 aromatic heterocycles. The summed E-state index contributed by atoms with van der Waals surface area (Å²) in [7, 11) is 0. The fraction of sp³-hybridized carbons (Fsp3) is 0.692. The van der Waals surface area contributed by atoms with Crippen LogP contribution < -0.4 is 0 Å². The molecule has 94 valence electrons. The number of rotatable bonds is 4. The minimum Gasteiger partial charge on any atom is -0.459 e. The largest absolute Gasteiger partial charge is 0.459 e. The van der Waals surface area contributed by atoms with Crippen molar-refractivity contribution in [1.82, 2.24) is 4.98 Å². The van der Waals surface area contributed by atoms with Crippen LogP contribution in [0.25, 0.3) is 0 Å². The van der Waals surface area contributed by atoms with Crippen LogP contribution in [0.15, 0.2) is 5.38 Å². The van der Waals surface area contributed by atoms with Gasteiger partial charge in [0.15, 0.2) is 0 Å². The van der Waals surface area contributed by atoms with Crippen molar-refractivity contribution in [3.63, 3.8) is 0 Å². The van der Waals surface area contributed by atoms with E-state index >= 15 is 0 Å². The number of esters is 1. The van der Waals surface area contributed by atoms with Crippen LogP contribution in [-0.4, -0.2) is 11.0 Å². The zero-order chi connectivity index (χ0) is 12.1. The lowest BCUT2D eigenvalue weighted by Crippen LogP contribution is -2.20. The van der Waals surface area contributed by atoms with Crippen LogP contribution in [0, 0.1) is 5.92 Å². The lowest BCUT2D eigenvalue weighted by molar-refractivity contribution is -0.151. The molecule has 0 aromatic carbocycles. The molecule has 0 saturated heterocycles. The monoisotopic (exact) mass is 253 g/mol. The number of carbonyl (C=O) groups is 1. The Morgan fingerprint density at radius 3 is 2.88 bits per heavy atom. The quantitative estimate of drug-likeness (QED) is 0.773. The number of hydrogen-bond acceptors (Lipinski definition) is 4. The van der Waals surface area contributed by atoms with E-state index in [0.29, 0.717) is 6.61 Å². The lowest BCUT2D eigenvalue weighted by Gasteiger charge is -2.19. The van der Waals surface area contributed by atoms with Gasteiger partial charge in [0.1, 0.15) is 6.61 Å². The van der Waals surface area contributed by atoms with E-state index in [1.54, 1.807) is 11.3 Å². The van der Waals surface area contributed by atoms with Crippen LogP contribution in [0.4, 0.5) is 0 Å². The van der Waals surface area contributed by atoms with Crippen LogP contribution in [0.2, 0.25) is 0 Å². The minimum absolute atomic E-state index is 0.0317. The molecular weight excluding hydrogens is 234 g/mol. The standard InChI is InChI=1S/C13H19NO2S/c1-2-12-14-11(9-17-12)8-16-13(15)10-6-4-3-5-7-10/h9-10H,2-8H2,1H3. The maximum Gasteiger partial charge on any atom is 0.309 e. The van der Waals surface area contributed by atoms with Crippen molar-refractivity contribution in [2.75, 3.05) is 0 Å². The van der Waals surface area contributed by atoms with Gasteiger partial charge in [-0.3, -0.25) is 4.79 Å². The normalized spacial score (nSPS) is 17.0. The average molecular weight is 253 g/mol. The van der Waals surface area contributed by atoms with Crippen molar-refractivity contribution in [3.8, 4) is 0 Å². The maximum absolute atomic E-state index is 11.8. The summed E-state index contributed by atoms with van der Waals surface area (Å²) < 4.78 is 5.33. The van der Waals surface area contributed by atoms with Crippen molar-refractivity contribution in [3.05, 3.63) is 16.1 Å². The molecule has 17 heavy (non-hydrogen) atoms. The Morgan fingerprint density at radius 1 is 1.47 bits per heavy atom. The number of nitrogens with zero attached hydrogens (tertiary/aromatic N) is 1. The fourth-order valence-electron chi connectivity index (χ4n) is 2.18. The van der Waals surface area contributed by atoms with Gasteiger partial charge in [0, 0.05) is 5.38 Å². The minimum atomic E-state index is -0.0317. The Hall–Kier alpha value is -0.900. The third kappa shape index (κ3) is 3.53. The summed E-state index contributed by atoms with van der Waals surface area (Å²) in [6, 6.07) is 0. The van der Waals surface area contributed by atoms with Crippen LogP contribution in [0.1, 0.15) is 49.7 Å². The first-order chi connectivity index (χ1) is 8.29. The van der Waals surface area contributed by atoms with Crippen molar-refractivity contribution in [2.45, 2.75) is 52.1 Å². The van der Waals surface area contributed by atoms with Crippen molar-refractivity contribution < 1.29 is 9.53 Å². The van der Waals surface area contributed by atoms with Gasteiger partial charge in [-0.05, 0) is 19.3 Å². The van der Waals surface area contributed by atoms with E-state index in [-0.39, 0.29) is 11.9 Å². The zero-order valence-electron chi connectivity index (χ0n) is 10.3. The molecule has 1 saturated carbocycles. The molecule has 1 aliphatic rings. The Balaban J connectivity index is 1.78. The number of hydrogen-bond donors (Lipinski definition) is 0. The van der Waals surface area contributed by atoms with E-state index in [2.05, 4.69) is 11.9 Å². The third-order valence-electron chi connectivity index (χ3n) is 3.20. The molecule has 0 spiro atoms. The molecule has 3 nitrogen and oxygen atoms in total. The third-order valence-corrected chi connectivity index (χ3v) is 4.24. The highest BCUT2D eigenvalue weighted by Gasteiger charge is 2.22. The summed E-state index contributed by atoms with van der Waals surface area (Å²) in [5.74, 6) is 0.101. The fourth-order valence-corrected chi connectivity index (χ4v) is 2.91. The molecule has 1 aromatic rings. The smallest absolute Gasteiger partial charge is 0.309 e. The molecule has 0 radical (unpaired) electrons. The Morgan fingerprint density at radius 2 is 2.24 bits per heavy atom. The van der Waals surface area contributed by atoms with Gasteiger partial charge in [0.05, 0.1) is 16.6 Å². The van der Waals surface area contributed by atoms with Crippen molar-refractivity contribution >= 4 is 17.3 Å². The number of ether oxygens (including phenoxy) is 1. The predicted octanol–water partition coefficient (Wildman–Crippen LogP) is 3.33. The Labute approximate surface area is 106 Å². The summed E-state index contributed by atoms with van der Waals surface area (Å²) >= 11 is 1.63. The molecule has 0 amide bonds. The first-order valence-corrected chi connectivity index (χ1v) is 7.27. The van der Waals surface area contributed by atoms with Gasteiger partial charge in [0.2, 0.25) is 0 Å². The predicted molar refractivity (Wildman–Crippen MR) is 67.9 cm³/mol. The van der Waals surface area contributed by atoms with Crippen molar-refractivity contribution in [2.24, 2.45) is 5.92 Å². The summed E-state index contributed by atoms with van der Waals surface area (Å²) in [6.45, 7) is 2.42. The average Bonchev–Trinajstić information content (AvgIpc) is 2.85. The maximum atomic E-state index is 11.8. The van der Waals surface area contributed by atoms with Crippen molar-refractivity contribution in [1.29, 1.82) is 0 Å².